The number of rotatable bonds is 18. The topological polar surface area (TPSA) is 197 Å². The highest BCUT2D eigenvalue weighted by Gasteiger charge is 2.32. The van der Waals surface area contributed by atoms with Crippen molar-refractivity contribution in [2.24, 2.45) is 17.8 Å². The zero-order valence-corrected chi connectivity index (χ0v) is 41.6. The molecule has 5 aliphatic rings. The van der Waals surface area contributed by atoms with E-state index in [0.29, 0.717) is 57.0 Å². The molecule has 384 valence electrons. The van der Waals surface area contributed by atoms with Gasteiger partial charge in [0.15, 0.2) is 0 Å². The minimum Gasteiger partial charge on any atom is -0.480 e. The molecule has 5 fully saturated rings. The van der Waals surface area contributed by atoms with Crippen LogP contribution in [0.2, 0.25) is 0 Å². The highest BCUT2D eigenvalue weighted by Crippen LogP contribution is 2.27. The molecule has 3 unspecified atom stereocenters. The number of esters is 2. The van der Waals surface area contributed by atoms with Crippen LogP contribution in [0.25, 0.3) is 0 Å². The molecule has 0 spiro atoms. The molecule has 16 heteroatoms. The molecule has 16 nitrogen and oxygen atoms in total. The highest BCUT2D eigenvalue weighted by molar-refractivity contribution is 5.76. The fourth-order valence-corrected chi connectivity index (χ4v) is 9.95. The first-order valence-corrected chi connectivity index (χ1v) is 25.8. The molecule has 2 saturated carbocycles. The number of ether oxygens (including phenoxy) is 4. The van der Waals surface area contributed by atoms with Crippen molar-refractivity contribution in [2.45, 2.75) is 153 Å². The van der Waals surface area contributed by atoms with Crippen LogP contribution >= 0.6 is 0 Å². The Morgan fingerprint density at radius 3 is 1.23 bits per heavy atom. The van der Waals surface area contributed by atoms with E-state index in [4.69, 9.17) is 24.1 Å². The number of hydrogen-bond acceptors (Lipinski definition) is 13. The third kappa shape index (κ3) is 19.9. The van der Waals surface area contributed by atoms with E-state index in [0.717, 1.165) is 101 Å². The van der Waals surface area contributed by atoms with Gasteiger partial charge in [0.05, 0.1) is 0 Å². The first kappa shape index (κ1) is 55.2. The van der Waals surface area contributed by atoms with Crippen LogP contribution in [0.3, 0.4) is 0 Å². The van der Waals surface area contributed by atoms with Crippen LogP contribution < -0.4 is 21.3 Å². The zero-order chi connectivity index (χ0) is 49.2. The second kappa shape index (κ2) is 30.8. The second-order valence-corrected chi connectivity index (χ2v) is 19.4. The molecule has 0 bridgehead atoms. The maximum Gasteiger partial charge on any atom is 0.410 e. The lowest BCUT2D eigenvalue weighted by molar-refractivity contribution is -0.152. The van der Waals surface area contributed by atoms with Crippen molar-refractivity contribution in [3.8, 4) is 0 Å². The number of carbonyl (C=O) groups is 5. The Bertz CT molecular complexity index is 1790. The van der Waals surface area contributed by atoms with Crippen molar-refractivity contribution >= 4 is 30.1 Å². The molecule has 5 N–H and O–H groups in total. The van der Waals surface area contributed by atoms with E-state index in [1.165, 1.54) is 25.7 Å². The van der Waals surface area contributed by atoms with Crippen molar-refractivity contribution in [2.75, 3.05) is 60.4 Å². The van der Waals surface area contributed by atoms with Gasteiger partial charge in [-0.3, -0.25) is 14.4 Å². The lowest BCUT2D eigenvalue weighted by Gasteiger charge is -2.32. The van der Waals surface area contributed by atoms with Crippen molar-refractivity contribution in [1.82, 2.24) is 31.1 Å². The average molecular weight is 963 g/mol. The Balaban J connectivity index is 0.000000198. The number of nitrogens with zero attached hydrogens (tertiary/aromatic N) is 2. The minimum atomic E-state index is -0.822. The summed E-state index contributed by atoms with van der Waals surface area (Å²) >= 11 is 0. The number of benzene rings is 2. The fourth-order valence-electron chi connectivity index (χ4n) is 9.95. The van der Waals surface area contributed by atoms with Gasteiger partial charge in [-0.05, 0) is 172 Å². The van der Waals surface area contributed by atoms with Crippen molar-refractivity contribution in [3.05, 3.63) is 71.8 Å². The summed E-state index contributed by atoms with van der Waals surface area (Å²) in [5.41, 5.74) is 1.96. The number of nitrogens with one attached hydrogen (secondary N) is 4. The summed E-state index contributed by atoms with van der Waals surface area (Å²) in [7, 11) is 5.34. The zero-order valence-electron chi connectivity index (χ0n) is 41.6. The lowest BCUT2D eigenvalue weighted by Crippen LogP contribution is -2.43. The first-order valence-electron chi connectivity index (χ1n) is 25.8. The normalized spacial score (nSPS) is 19.8. The summed E-state index contributed by atoms with van der Waals surface area (Å²) < 4.78 is 22.0. The molecule has 7 rings (SSSR count). The number of amides is 2. The number of carbonyl (C=O) groups excluding carboxylic acids is 4. The van der Waals surface area contributed by atoms with Gasteiger partial charge in [0.25, 0.3) is 0 Å². The van der Waals surface area contributed by atoms with Crippen molar-refractivity contribution in [3.63, 3.8) is 0 Å². The van der Waals surface area contributed by atoms with Crippen LogP contribution in [-0.4, -0.2) is 136 Å². The lowest BCUT2D eigenvalue weighted by atomic mass is 9.90. The largest absolute Gasteiger partial charge is 0.480 e. The van der Waals surface area contributed by atoms with Crippen molar-refractivity contribution < 1.29 is 48.0 Å². The van der Waals surface area contributed by atoms with E-state index in [1.54, 1.807) is 16.8 Å². The third-order valence-electron chi connectivity index (χ3n) is 14.4. The van der Waals surface area contributed by atoms with Gasteiger partial charge in [-0.15, -0.1) is 0 Å². The van der Waals surface area contributed by atoms with Gasteiger partial charge < -0.3 is 55.1 Å². The Morgan fingerprint density at radius 1 is 0.536 bits per heavy atom. The average Bonchev–Trinajstić information content (AvgIpc) is 4.11. The number of carboxylic acid groups (broad SMARTS) is 1. The Hall–Kier alpha value is -4.77. The number of piperidine rings is 3. The summed E-state index contributed by atoms with van der Waals surface area (Å²) in [5, 5.41) is 21.5. The maximum absolute atomic E-state index is 12.4. The Kier molecular flexibility index (Phi) is 24.6. The number of hydrogen-bond donors (Lipinski definition) is 5. The molecule has 2 aliphatic carbocycles. The molecule has 69 heavy (non-hydrogen) atoms. The summed E-state index contributed by atoms with van der Waals surface area (Å²) in [6.45, 7) is 5.33. The molecule has 0 radical (unpaired) electrons. The van der Waals surface area contributed by atoms with Gasteiger partial charge in [0.2, 0.25) is 0 Å². The van der Waals surface area contributed by atoms with Crippen LogP contribution in [0.1, 0.15) is 120 Å². The third-order valence-corrected chi connectivity index (χ3v) is 14.4. The van der Waals surface area contributed by atoms with Crippen LogP contribution in [-0.2, 0) is 46.5 Å². The molecule has 3 atom stereocenters. The molecule has 3 saturated heterocycles. The molecule has 3 aliphatic heterocycles. The Labute approximate surface area is 410 Å². The molecule has 3 heterocycles. The first-order chi connectivity index (χ1) is 33.5. The highest BCUT2D eigenvalue weighted by atomic mass is 16.6. The summed E-state index contributed by atoms with van der Waals surface area (Å²) in [6, 6.07) is 18.4. The van der Waals surface area contributed by atoms with E-state index in [-0.39, 0.29) is 55.0 Å². The predicted molar refractivity (Wildman–Crippen MR) is 264 cm³/mol. The van der Waals surface area contributed by atoms with E-state index < -0.39 is 12.0 Å². The fraction of sp³-hybridized carbons (Fsp3) is 0.679. The standard InChI is InChI=1S/C22H32N2O4.C17H24N2O4.C14H26N2O2/c1-23-20(21(25)28-19-9-5-6-10-19)15-17-11-13-24(14-12-17)22(26)27-16-18-7-3-2-4-8-18;1-18-15(16(20)21)11-13-7-9-19(10-8-13)17(22)23-12-14-5-3-2-4-6-14;1-15-13(10-11-6-8-16-9-7-11)14(17)18-12-4-2-3-5-12/h2-4,7-8,17,19-20,23H,5-6,9-16H2,1H3;2-6,13,15,18H,7-12H2,1H3,(H,20,21);11-13,15-16H,2-10H2,1H3. The molecular weight excluding hydrogens is 881 g/mol. The van der Waals surface area contributed by atoms with Crippen LogP contribution in [0, 0.1) is 17.8 Å². The summed E-state index contributed by atoms with van der Waals surface area (Å²) in [6.07, 6.45) is 16.6. The van der Waals surface area contributed by atoms with Gasteiger partial charge in [-0.25, -0.2) is 9.59 Å². The molecule has 2 aromatic carbocycles. The second-order valence-electron chi connectivity index (χ2n) is 19.4. The number of aliphatic carboxylic acids is 1. The molecule has 2 aromatic rings. The number of carboxylic acids is 1. The van der Waals surface area contributed by atoms with E-state index >= 15 is 0 Å². The smallest absolute Gasteiger partial charge is 0.410 e. The van der Waals surface area contributed by atoms with Gasteiger partial charge in [0.1, 0.15) is 43.5 Å². The quantitative estimate of drug-likeness (QED) is 0.0753. The monoisotopic (exact) mass is 963 g/mol. The minimum absolute atomic E-state index is 0.0390. The summed E-state index contributed by atoms with van der Waals surface area (Å²) in [4.78, 5) is 63.4. The van der Waals surface area contributed by atoms with Gasteiger partial charge in [-0.2, -0.15) is 0 Å². The number of likely N-dealkylation sites (N-methyl/N-ethyl adjacent to an activating group) is 3. The molecule has 0 aromatic heterocycles. The van der Waals surface area contributed by atoms with E-state index in [2.05, 4.69) is 21.3 Å². The van der Waals surface area contributed by atoms with E-state index in [1.807, 2.05) is 74.8 Å². The van der Waals surface area contributed by atoms with Crippen LogP contribution in [0.15, 0.2) is 60.7 Å². The van der Waals surface area contributed by atoms with Gasteiger partial charge >= 0.3 is 30.1 Å². The predicted octanol–water partition coefficient (Wildman–Crippen LogP) is 7.05. The number of likely N-dealkylation sites (tertiary alicyclic amines) is 2. The van der Waals surface area contributed by atoms with Gasteiger partial charge in [0, 0.05) is 26.2 Å². The summed E-state index contributed by atoms with van der Waals surface area (Å²) in [5.74, 6) is 0.396. The van der Waals surface area contributed by atoms with E-state index in [9.17, 15) is 24.0 Å². The van der Waals surface area contributed by atoms with Gasteiger partial charge in [-0.1, -0.05) is 60.7 Å². The van der Waals surface area contributed by atoms with Crippen LogP contribution in [0.5, 0.6) is 0 Å². The SMILES string of the molecule is CNC(CC1CCN(C(=O)OCc2ccccc2)CC1)C(=O)O.CNC(CC1CCN(C(=O)OCc2ccccc2)CC1)C(=O)OC1CCCC1.CNC(CC1CCNCC1)C(=O)OC1CCCC1. The molecule has 2 amide bonds. The maximum atomic E-state index is 12.4. The molecular formula is C53H82N6O10. The Morgan fingerprint density at radius 2 is 0.884 bits per heavy atom. The van der Waals surface area contributed by atoms with Crippen molar-refractivity contribution in [1.29, 1.82) is 0 Å². The van der Waals surface area contributed by atoms with Crippen LogP contribution in [0.4, 0.5) is 9.59 Å².